The van der Waals surface area contributed by atoms with E-state index in [1.54, 1.807) is 6.92 Å². The Kier molecular flexibility index (Phi) is 5.25. The fraction of sp³-hybridized carbons (Fsp3) is 0.833. The molecule has 1 unspecified atom stereocenters. The Morgan fingerprint density at radius 3 is 2.59 bits per heavy atom. The summed E-state index contributed by atoms with van der Waals surface area (Å²) in [5.74, 6) is -0.401. The van der Waals surface area contributed by atoms with Gasteiger partial charge in [0, 0.05) is 12.6 Å². The maximum absolute atomic E-state index is 11.4. The third-order valence-electron chi connectivity index (χ3n) is 3.23. The van der Waals surface area contributed by atoms with Crippen molar-refractivity contribution in [1.29, 1.82) is 0 Å². The van der Waals surface area contributed by atoms with Crippen LogP contribution in [0.3, 0.4) is 0 Å². The van der Waals surface area contributed by atoms with Gasteiger partial charge in [-0.15, -0.1) is 0 Å². The zero-order chi connectivity index (χ0) is 12.8. The van der Waals surface area contributed by atoms with Gasteiger partial charge in [-0.3, -0.25) is 4.79 Å². The molecule has 0 bridgehead atoms. The van der Waals surface area contributed by atoms with Crippen LogP contribution in [0.25, 0.3) is 0 Å². The van der Waals surface area contributed by atoms with E-state index in [4.69, 9.17) is 5.11 Å². The van der Waals surface area contributed by atoms with Gasteiger partial charge in [0.25, 0.3) is 0 Å². The van der Waals surface area contributed by atoms with Crippen molar-refractivity contribution in [3.05, 3.63) is 0 Å². The van der Waals surface area contributed by atoms with Crippen molar-refractivity contribution in [3.8, 4) is 0 Å². The van der Waals surface area contributed by atoms with E-state index in [0.29, 0.717) is 25.4 Å². The first-order valence-corrected chi connectivity index (χ1v) is 6.26. The summed E-state index contributed by atoms with van der Waals surface area (Å²) in [5.41, 5.74) is 0. The lowest BCUT2D eigenvalue weighted by molar-refractivity contribution is -0.141. The van der Waals surface area contributed by atoms with Gasteiger partial charge in [-0.1, -0.05) is 13.8 Å². The summed E-state index contributed by atoms with van der Waals surface area (Å²) in [5, 5.41) is 14.3. The molecule has 0 aromatic heterocycles. The van der Waals surface area contributed by atoms with E-state index >= 15 is 0 Å². The Balaban J connectivity index is 1.99. The van der Waals surface area contributed by atoms with Crippen LogP contribution in [0, 0.1) is 11.8 Å². The molecule has 3 N–H and O–H groups in total. The van der Waals surface area contributed by atoms with Crippen LogP contribution in [0.5, 0.6) is 0 Å². The molecular weight excluding hydrogens is 220 g/mol. The fourth-order valence-corrected chi connectivity index (χ4v) is 1.99. The van der Waals surface area contributed by atoms with Crippen molar-refractivity contribution < 1.29 is 14.7 Å². The molecule has 17 heavy (non-hydrogen) atoms. The van der Waals surface area contributed by atoms with E-state index < -0.39 is 5.97 Å². The van der Waals surface area contributed by atoms with Crippen molar-refractivity contribution in [2.75, 3.05) is 6.54 Å². The third kappa shape index (κ3) is 5.06. The molecule has 1 aliphatic rings. The van der Waals surface area contributed by atoms with Crippen LogP contribution < -0.4 is 10.6 Å². The van der Waals surface area contributed by atoms with E-state index in [0.717, 1.165) is 18.8 Å². The number of hydrogen-bond donors (Lipinski definition) is 3. The van der Waals surface area contributed by atoms with Gasteiger partial charge in [0.1, 0.15) is 0 Å². The highest BCUT2D eigenvalue weighted by atomic mass is 16.4. The second kappa shape index (κ2) is 6.47. The first kappa shape index (κ1) is 13.8. The zero-order valence-corrected chi connectivity index (χ0v) is 10.5. The van der Waals surface area contributed by atoms with Gasteiger partial charge < -0.3 is 15.7 Å². The molecule has 0 spiro atoms. The molecule has 0 aromatic rings. The van der Waals surface area contributed by atoms with Crippen molar-refractivity contribution in [3.63, 3.8) is 0 Å². The highest BCUT2D eigenvalue weighted by molar-refractivity contribution is 5.74. The van der Waals surface area contributed by atoms with Crippen LogP contribution in [-0.4, -0.2) is 29.7 Å². The number of carbonyl (C=O) groups is 2. The molecule has 0 aromatic carbocycles. The van der Waals surface area contributed by atoms with Crippen molar-refractivity contribution in [2.45, 2.75) is 45.6 Å². The maximum atomic E-state index is 11.4. The summed E-state index contributed by atoms with van der Waals surface area (Å²) in [6.45, 7) is 4.38. The van der Waals surface area contributed by atoms with Gasteiger partial charge in [-0.25, -0.2) is 4.79 Å². The van der Waals surface area contributed by atoms with Gasteiger partial charge in [0.05, 0.1) is 5.92 Å². The number of nitrogens with one attached hydrogen (secondary N) is 2. The molecule has 5 nitrogen and oxygen atoms in total. The zero-order valence-electron chi connectivity index (χ0n) is 10.5. The standard InChI is InChI=1S/C12H22N2O3/c1-8-6-10(7-8)14-12(17)13-5-3-4-9(2)11(15)16/h8-10H,3-7H2,1-2H3,(H,15,16)(H2,13,14,17). The molecule has 98 valence electrons. The Morgan fingerprint density at radius 1 is 1.41 bits per heavy atom. The Hall–Kier alpha value is -1.26. The molecule has 1 aliphatic carbocycles. The fourth-order valence-electron chi connectivity index (χ4n) is 1.99. The number of carboxylic acids is 1. The largest absolute Gasteiger partial charge is 0.481 e. The molecule has 0 saturated heterocycles. The molecular formula is C12H22N2O3. The molecule has 5 heteroatoms. The number of aliphatic carboxylic acids is 1. The molecule has 1 saturated carbocycles. The van der Waals surface area contributed by atoms with Gasteiger partial charge in [0.2, 0.25) is 0 Å². The van der Waals surface area contributed by atoms with E-state index in [1.165, 1.54) is 0 Å². The highest BCUT2D eigenvalue weighted by Crippen LogP contribution is 2.25. The van der Waals surface area contributed by atoms with Gasteiger partial charge in [-0.2, -0.15) is 0 Å². The molecule has 0 heterocycles. The van der Waals surface area contributed by atoms with Crippen LogP contribution in [0.4, 0.5) is 4.79 Å². The number of carbonyl (C=O) groups excluding carboxylic acids is 1. The van der Waals surface area contributed by atoms with Crippen LogP contribution in [0.2, 0.25) is 0 Å². The number of amides is 2. The predicted octanol–water partition coefficient (Wildman–Crippen LogP) is 1.58. The van der Waals surface area contributed by atoms with Gasteiger partial charge in [-0.05, 0) is 31.6 Å². The average molecular weight is 242 g/mol. The molecule has 1 atom stereocenters. The Bertz CT molecular complexity index is 275. The summed E-state index contributed by atoms with van der Waals surface area (Å²) in [7, 11) is 0. The Labute approximate surface area is 102 Å². The first-order valence-electron chi connectivity index (χ1n) is 6.26. The minimum atomic E-state index is -0.780. The average Bonchev–Trinajstić information content (AvgIpc) is 2.21. The number of carboxylic acid groups (broad SMARTS) is 1. The van der Waals surface area contributed by atoms with Crippen molar-refractivity contribution >= 4 is 12.0 Å². The SMILES string of the molecule is CC1CC(NC(=O)NCCCC(C)C(=O)O)C1. The second-order valence-corrected chi connectivity index (χ2v) is 5.06. The first-order chi connectivity index (χ1) is 7.99. The second-order valence-electron chi connectivity index (χ2n) is 5.06. The monoisotopic (exact) mass is 242 g/mol. The highest BCUT2D eigenvalue weighted by Gasteiger charge is 2.26. The van der Waals surface area contributed by atoms with Gasteiger partial charge >= 0.3 is 12.0 Å². The molecule has 1 fully saturated rings. The predicted molar refractivity (Wildman–Crippen MR) is 64.8 cm³/mol. The molecule has 1 rings (SSSR count). The topological polar surface area (TPSA) is 78.4 Å². The summed E-state index contributed by atoms with van der Waals surface area (Å²) in [6.07, 6.45) is 3.41. The normalized spacial score (nSPS) is 24.6. The number of rotatable bonds is 6. The number of urea groups is 1. The molecule has 0 radical (unpaired) electrons. The van der Waals surface area contributed by atoms with Gasteiger partial charge in [0.15, 0.2) is 0 Å². The summed E-state index contributed by atoms with van der Waals surface area (Å²) in [4.78, 5) is 21.9. The summed E-state index contributed by atoms with van der Waals surface area (Å²) in [6, 6.07) is 0.188. The lowest BCUT2D eigenvalue weighted by Crippen LogP contribution is -2.47. The smallest absolute Gasteiger partial charge is 0.315 e. The van der Waals surface area contributed by atoms with E-state index in [2.05, 4.69) is 17.6 Å². The van der Waals surface area contributed by atoms with Crippen LogP contribution in [-0.2, 0) is 4.79 Å². The minimum absolute atomic E-state index is 0.134. The van der Waals surface area contributed by atoms with Crippen molar-refractivity contribution in [1.82, 2.24) is 10.6 Å². The van der Waals surface area contributed by atoms with Crippen LogP contribution in [0.1, 0.15) is 39.5 Å². The molecule has 0 aliphatic heterocycles. The quantitative estimate of drug-likeness (QED) is 0.619. The lowest BCUT2D eigenvalue weighted by atomic mass is 9.82. The van der Waals surface area contributed by atoms with E-state index in [-0.39, 0.29) is 11.9 Å². The third-order valence-corrected chi connectivity index (χ3v) is 3.23. The maximum Gasteiger partial charge on any atom is 0.315 e. The van der Waals surface area contributed by atoms with E-state index in [1.807, 2.05) is 0 Å². The van der Waals surface area contributed by atoms with Crippen LogP contribution >= 0.6 is 0 Å². The molecule has 2 amide bonds. The summed E-state index contributed by atoms with van der Waals surface area (Å²) < 4.78 is 0. The van der Waals surface area contributed by atoms with Crippen molar-refractivity contribution in [2.24, 2.45) is 11.8 Å². The summed E-state index contributed by atoms with van der Waals surface area (Å²) >= 11 is 0. The lowest BCUT2D eigenvalue weighted by Gasteiger charge is -2.33. The minimum Gasteiger partial charge on any atom is -0.481 e. The van der Waals surface area contributed by atoms with E-state index in [9.17, 15) is 9.59 Å². The number of hydrogen-bond acceptors (Lipinski definition) is 2. The Morgan fingerprint density at radius 2 is 2.06 bits per heavy atom. The van der Waals surface area contributed by atoms with Crippen LogP contribution in [0.15, 0.2) is 0 Å².